The number of aliphatic hydroxyl groups excluding tert-OH is 1. The Morgan fingerprint density at radius 2 is 2.21 bits per heavy atom. The van der Waals surface area contributed by atoms with Gasteiger partial charge in [0.2, 0.25) is 0 Å². The fraction of sp³-hybridized carbons (Fsp3) is 0.526. The Hall–Kier alpha value is -2.23. The third-order valence-corrected chi connectivity index (χ3v) is 4.99. The van der Waals surface area contributed by atoms with Gasteiger partial charge in [0.05, 0.1) is 6.61 Å². The average Bonchev–Trinajstić information content (AvgIpc) is 3.08. The number of fused-ring (bicyclic) bond motifs is 1. The Balaban J connectivity index is 1.51. The molecular formula is C19H26F2N4O3. The molecular weight excluding hydrogens is 370 g/mol. The minimum absolute atomic E-state index is 0.136. The number of hydrogen-bond donors (Lipinski definition) is 3. The molecule has 7 nitrogen and oxygen atoms in total. The molecule has 0 saturated carbocycles. The van der Waals surface area contributed by atoms with Crippen LogP contribution in [0.15, 0.2) is 30.1 Å². The van der Waals surface area contributed by atoms with Crippen molar-refractivity contribution in [1.29, 1.82) is 0 Å². The zero-order valence-corrected chi connectivity index (χ0v) is 15.8. The number of carbonyl (C=O) groups excluding carboxylic acids is 1. The number of nitrogens with zero attached hydrogens (tertiary/aromatic N) is 2. The van der Waals surface area contributed by atoms with E-state index in [-0.39, 0.29) is 24.6 Å². The first-order chi connectivity index (χ1) is 13.4. The fourth-order valence-corrected chi connectivity index (χ4v) is 3.56. The molecule has 0 radical (unpaired) electrons. The first-order valence-electron chi connectivity index (χ1n) is 9.40. The maximum Gasteiger partial charge on any atom is 0.355 e. The van der Waals surface area contributed by atoms with E-state index in [0.29, 0.717) is 31.9 Å². The molecule has 1 aromatic rings. The number of nitrogens with two attached hydrogens (primary N) is 1. The molecule has 1 aromatic carbocycles. The third kappa shape index (κ3) is 4.78. The number of piperazine rings is 1. The van der Waals surface area contributed by atoms with Gasteiger partial charge in [-0.25, -0.2) is 13.6 Å². The van der Waals surface area contributed by atoms with Crippen molar-refractivity contribution in [2.45, 2.75) is 38.2 Å². The van der Waals surface area contributed by atoms with E-state index in [1.165, 1.54) is 0 Å². The van der Waals surface area contributed by atoms with Gasteiger partial charge in [-0.15, -0.1) is 0 Å². The molecule has 154 valence electrons. The molecule has 2 heterocycles. The zero-order valence-electron chi connectivity index (χ0n) is 15.8. The Morgan fingerprint density at radius 3 is 2.96 bits per heavy atom. The Morgan fingerprint density at radius 1 is 1.43 bits per heavy atom. The van der Waals surface area contributed by atoms with E-state index in [0.717, 1.165) is 18.2 Å². The average molecular weight is 396 g/mol. The highest BCUT2D eigenvalue weighted by Gasteiger charge is 2.35. The number of nitrogens with one attached hydrogen (secondary N) is 1. The SMILES string of the molecule is CCOC(=O)C1=CN2CCN(C(O)CC(N)Cc3cc(F)ccc3F)CC2N1. The van der Waals surface area contributed by atoms with Gasteiger partial charge in [-0.3, -0.25) is 4.90 Å². The highest BCUT2D eigenvalue weighted by Crippen LogP contribution is 2.20. The Labute approximate surface area is 162 Å². The number of halogens is 2. The van der Waals surface area contributed by atoms with E-state index < -0.39 is 29.9 Å². The Kier molecular flexibility index (Phi) is 6.48. The van der Waals surface area contributed by atoms with Gasteiger partial charge >= 0.3 is 5.97 Å². The maximum atomic E-state index is 13.8. The van der Waals surface area contributed by atoms with Crippen molar-refractivity contribution < 1.29 is 23.4 Å². The van der Waals surface area contributed by atoms with Crippen LogP contribution in [-0.4, -0.2) is 65.6 Å². The largest absolute Gasteiger partial charge is 0.461 e. The number of aliphatic hydroxyl groups is 1. The molecule has 3 unspecified atom stereocenters. The summed E-state index contributed by atoms with van der Waals surface area (Å²) < 4.78 is 32.1. The van der Waals surface area contributed by atoms with Gasteiger partial charge in [0.15, 0.2) is 0 Å². The van der Waals surface area contributed by atoms with Crippen molar-refractivity contribution >= 4 is 5.97 Å². The molecule has 2 aliphatic heterocycles. The lowest BCUT2D eigenvalue weighted by molar-refractivity contribution is -0.138. The number of hydrogen-bond acceptors (Lipinski definition) is 7. The van der Waals surface area contributed by atoms with Crippen LogP contribution >= 0.6 is 0 Å². The van der Waals surface area contributed by atoms with Gasteiger partial charge in [-0.1, -0.05) is 0 Å². The van der Waals surface area contributed by atoms with Crippen LogP contribution in [-0.2, 0) is 16.0 Å². The molecule has 2 aliphatic rings. The second kappa shape index (κ2) is 8.85. The first kappa shape index (κ1) is 20.5. The highest BCUT2D eigenvalue weighted by atomic mass is 19.1. The molecule has 0 spiro atoms. The van der Waals surface area contributed by atoms with Gasteiger partial charge in [0.25, 0.3) is 0 Å². The number of carbonyl (C=O) groups is 1. The molecule has 0 aliphatic carbocycles. The normalized spacial score (nSPS) is 21.5. The summed E-state index contributed by atoms with van der Waals surface area (Å²) in [5.41, 5.74) is 6.66. The van der Waals surface area contributed by atoms with Crippen LogP contribution in [0.2, 0.25) is 0 Å². The Bertz CT molecular complexity index is 746. The van der Waals surface area contributed by atoms with Crippen LogP contribution in [0.1, 0.15) is 18.9 Å². The van der Waals surface area contributed by atoms with Gasteiger partial charge in [0, 0.05) is 38.3 Å². The zero-order chi connectivity index (χ0) is 20.3. The minimum atomic E-state index is -0.817. The van der Waals surface area contributed by atoms with Crippen molar-refractivity contribution in [3.8, 4) is 0 Å². The summed E-state index contributed by atoms with van der Waals surface area (Å²) in [5, 5.41) is 13.7. The molecule has 0 bridgehead atoms. The third-order valence-electron chi connectivity index (χ3n) is 4.99. The lowest BCUT2D eigenvalue weighted by atomic mass is 10.0. The van der Waals surface area contributed by atoms with Crippen molar-refractivity contribution in [3.05, 3.63) is 47.3 Å². The number of benzene rings is 1. The smallest absolute Gasteiger partial charge is 0.355 e. The summed E-state index contributed by atoms with van der Waals surface area (Å²) in [4.78, 5) is 15.7. The summed E-state index contributed by atoms with van der Waals surface area (Å²) in [5.74, 6) is -1.42. The van der Waals surface area contributed by atoms with E-state index in [1.807, 2.05) is 9.80 Å². The topological polar surface area (TPSA) is 91.1 Å². The van der Waals surface area contributed by atoms with E-state index in [4.69, 9.17) is 10.5 Å². The molecule has 28 heavy (non-hydrogen) atoms. The van der Waals surface area contributed by atoms with E-state index in [1.54, 1.807) is 13.1 Å². The molecule has 1 fully saturated rings. The number of rotatable bonds is 7. The maximum absolute atomic E-state index is 13.8. The van der Waals surface area contributed by atoms with Crippen LogP contribution in [0.25, 0.3) is 0 Å². The van der Waals surface area contributed by atoms with Crippen molar-refractivity contribution in [1.82, 2.24) is 15.1 Å². The van der Waals surface area contributed by atoms with Crippen LogP contribution < -0.4 is 11.1 Å². The van der Waals surface area contributed by atoms with Gasteiger partial charge in [-0.2, -0.15) is 0 Å². The van der Waals surface area contributed by atoms with E-state index in [2.05, 4.69) is 5.32 Å². The van der Waals surface area contributed by atoms with E-state index in [9.17, 15) is 18.7 Å². The summed E-state index contributed by atoms with van der Waals surface area (Å²) in [7, 11) is 0. The molecule has 0 amide bonds. The van der Waals surface area contributed by atoms with Crippen molar-refractivity contribution in [2.75, 3.05) is 26.2 Å². The monoisotopic (exact) mass is 396 g/mol. The minimum Gasteiger partial charge on any atom is -0.461 e. The molecule has 9 heteroatoms. The van der Waals surface area contributed by atoms with Crippen molar-refractivity contribution in [2.24, 2.45) is 5.73 Å². The standard InChI is InChI=1S/C19H26F2N4O3/c1-2-28-19(27)16-10-24-5-6-25(11-17(24)23-16)18(26)9-14(22)8-12-7-13(20)3-4-15(12)21/h3-4,7,10,14,17-18,23,26H,2,5-6,8-9,11,22H2,1H3. The molecule has 1 saturated heterocycles. The molecule has 4 N–H and O–H groups in total. The lowest BCUT2D eigenvalue weighted by Crippen LogP contribution is -2.57. The predicted octanol–water partition coefficient (Wildman–Crippen LogP) is 0.495. The summed E-state index contributed by atoms with van der Waals surface area (Å²) in [6.45, 7) is 3.76. The second-order valence-corrected chi connectivity index (χ2v) is 7.07. The summed E-state index contributed by atoms with van der Waals surface area (Å²) in [6, 6.07) is 2.75. The van der Waals surface area contributed by atoms with Crippen LogP contribution in [0.4, 0.5) is 8.78 Å². The number of esters is 1. The highest BCUT2D eigenvalue weighted by molar-refractivity contribution is 5.88. The van der Waals surface area contributed by atoms with Crippen LogP contribution in [0.3, 0.4) is 0 Å². The predicted molar refractivity (Wildman–Crippen MR) is 98.6 cm³/mol. The molecule has 3 atom stereocenters. The van der Waals surface area contributed by atoms with Gasteiger partial charge in [-0.05, 0) is 37.1 Å². The molecule has 3 rings (SSSR count). The van der Waals surface area contributed by atoms with Crippen LogP contribution in [0, 0.1) is 11.6 Å². The molecule has 0 aromatic heterocycles. The fourth-order valence-electron chi connectivity index (χ4n) is 3.56. The second-order valence-electron chi connectivity index (χ2n) is 7.07. The van der Waals surface area contributed by atoms with Crippen molar-refractivity contribution in [3.63, 3.8) is 0 Å². The van der Waals surface area contributed by atoms with E-state index >= 15 is 0 Å². The lowest BCUT2D eigenvalue weighted by Gasteiger charge is -2.40. The van der Waals surface area contributed by atoms with Gasteiger partial charge in [0.1, 0.15) is 29.7 Å². The van der Waals surface area contributed by atoms with Crippen LogP contribution in [0.5, 0.6) is 0 Å². The summed E-state index contributed by atoms with van der Waals surface area (Å²) >= 11 is 0. The first-order valence-corrected chi connectivity index (χ1v) is 9.40. The summed E-state index contributed by atoms with van der Waals surface area (Å²) in [6.07, 6.45) is 1.14. The number of ether oxygens (including phenoxy) is 1. The van der Waals surface area contributed by atoms with Gasteiger partial charge < -0.3 is 25.8 Å². The quantitative estimate of drug-likeness (QED) is 0.578.